The molecule has 0 spiro atoms. The van der Waals surface area contributed by atoms with Crippen molar-refractivity contribution < 1.29 is 4.84 Å². The van der Waals surface area contributed by atoms with Crippen LogP contribution in [-0.4, -0.2) is 11.8 Å². The molecular formula is C11H9BrN2O. The van der Waals surface area contributed by atoms with Crippen molar-refractivity contribution in [2.75, 3.05) is 0 Å². The maximum absolute atomic E-state index is 8.53. The van der Waals surface area contributed by atoms with Crippen LogP contribution in [0.2, 0.25) is 0 Å². The van der Waals surface area contributed by atoms with E-state index in [0.717, 1.165) is 22.2 Å². The van der Waals surface area contributed by atoms with E-state index in [1.54, 1.807) is 0 Å². The SMILES string of the molecule is N#CCC1CC(c2ccc(Br)cc2)=NO1. The fourth-order valence-corrected chi connectivity index (χ4v) is 1.72. The van der Waals surface area contributed by atoms with Crippen molar-refractivity contribution in [2.45, 2.75) is 18.9 Å². The molecule has 0 bridgehead atoms. The molecule has 0 saturated carbocycles. The van der Waals surface area contributed by atoms with Gasteiger partial charge in [-0.3, -0.25) is 0 Å². The standard InChI is InChI=1S/C11H9BrN2O/c12-9-3-1-8(2-4-9)11-7-10(5-6-13)15-14-11/h1-4,10H,5,7H2. The molecule has 1 aliphatic heterocycles. The van der Waals surface area contributed by atoms with Gasteiger partial charge in [0.2, 0.25) is 0 Å². The Kier molecular flexibility index (Phi) is 3.02. The van der Waals surface area contributed by atoms with E-state index in [1.165, 1.54) is 0 Å². The van der Waals surface area contributed by atoms with Crippen molar-refractivity contribution in [3.05, 3.63) is 34.3 Å². The first-order valence-electron chi connectivity index (χ1n) is 4.65. The molecule has 76 valence electrons. The van der Waals surface area contributed by atoms with E-state index in [0.29, 0.717) is 6.42 Å². The van der Waals surface area contributed by atoms with E-state index in [4.69, 9.17) is 10.1 Å². The Bertz CT molecular complexity index is 419. The minimum absolute atomic E-state index is 0.0753. The van der Waals surface area contributed by atoms with Gasteiger partial charge in [-0.25, -0.2) is 0 Å². The monoisotopic (exact) mass is 264 g/mol. The van der Waals surface area contributed by atoms with Crippen molar-refractivity contribution >= 4 is 21.6 Å². The first-order chi connectivity index (χ1) is 7.29. The Morgan fingerprint density at radius 3 is 2.87 bits per heavy atom. The maximum Gasteiger partial charge on any atom is 0.146 e. The smallest absolute Gasteiger partial charge is 0.146 e. The maximum atomic E-state index is 8.53. The van der Waals surface area contributed by atoms with Crippen LogP contribution in [0.15, 0.2) is 33.9 Å². The summed E-state index contributed by atoms with van der Waals surface area (Å²) in [6, 6.07) is 9.99. The zero-order valence-electron chi connectivity index (χ0n) is 7.98. The van der Waals surface area contributed by atoms with Gasteiger partial charge in [0.1, 0.15) is 6.10 Å². The van der Waals surface area contributed by atoms with Crippen LogP contribution in [0, 0.1) is 11.3 Å². The topological polar surface area (TPSA) is 45.4 Å². The number of halogens is 1. The lowest BCUT2D eigenvalue weighted by atomic mass is 10.0. The molecule has 0 N–H and O–H groups in total. The molecule has 1 aromatic carbocycles. The number of nitriles is 1. The van der Waals surface area contributed by atoms with Crippen molar-refractivity contribution in [1.29, 1.82) is 5.26 Å². The molecule has 0 amide bonds. The van der Waals surface area contributed by atoms with Crippen LogP contribution < -0.4 is 0 Å². The molecule has 1 aliphatic rings. The number of oxime groups is 1. The molecular weight excluding hydrogens is 256 g/mol. The fourth-order valence-electron chi connectivity index (χ4n) is 1.45. The molecule has 3 nitrogen and oxygen atoms in total. The largest absolute Gasteiger partial charge is 0.391 e. The zero-order valence-corrected chi connectivity index (χ0v) is 9.57. The van der Waals surface area contributed by atoms with Crippen LogP contribution in [0.25, 0.3) is 0 Å². The quantitative estimate of drug-likeness (QED) is 0.825. The molecule has 1 unspecified atom stereocenters. The summed E-state index contributed by atoms with van der Waals surface area (Å²) in [6.07, 6.45) is 1.03. The Labute approximate surface area is 96.5 Å². The Morgan fingerprint density at radius 1 is 1.47 bits per heavy atom. The highest BCUT2D eigenvalue weighted by atomic mass is 79.9. The van der Waals surface area contributed by atoms with Crippen LogP contribution in [0.1, 0.15) is 18.4 Å². The summed E-state index contributed by atoms with van der Waals surface area (Å²) in [5, 5.41) is 12.5. The van der Waals surface area contributed by atoms with Gasteiger partial charge in [0, 0.05) is 10.9 Å². The molecule has 0 radical (unpaired) electrons. The van der Waals surface area contributed by atoms with Gasteiger partial charge in [0.25, 0.3) is 0 Å². The van der Waals surface area contributed by atoms with E-state index < -0.39 is 0 Å². The number of benzene rings is 1. The second kappa shape index (κ2) is 4.45. The van der Waals surface area contributed by atoms with E-state index >= 15 is 0 Å². The third kappa shape index (κ3) is 2.37. The third-order valence-electron chi connectivity index (χ3n) is 2.23. The van der Waals surface area contributed by atoms with Crippen LogP contribution in [0.4, 0.5) is 0 Å². The molecule has 1 aromatic rings. The molecule has 0 aliphatic carbocycles. The number of hydrogen-bond acceptors (Lipinski definition) is 3. The van der Waals surface area contributed by atoms with Crippen molar-refractivity contribution in [1.82, 2.24) is 0 Å². The van der Waals surface area contributed by atoms with Gasteiger partial charge in [-0.15, -0.1) is 0 Å². The van der Waals surface area contributed by atoms with Crippen LogP contribution in [0.3, 0.4) is 0 Å². The summed E-state index contributed by atoms with van der Waals surface area (Å²) in [6.45, 7) is 0. The van der Waals surface area contributed by atoms with Gasteiger partial charge in [-0.2, -0.15) is 5.26 Å². The van der Waals surface area contributed by atoms with Gasteiger partial charge in [-0.1, -0.05) is 33.2 Å². The van der Waals surface area contributed by atoms with Crippen LogP contribution in [-0.2, 0) is 4.84 Å². The molecule has 4 heteroatoms. The van der Waals surface area contributed by atoms with Crippen molar-refractivity contribution in [3.8, 4) is 6.07 Å². The predicted octanol–water partition coefficient (Wildman–Crippen LogP) is 2.86. The Morgan fingerprint density at radius 2 is 2.20 bits per heavy atom. The highest BCUT2D eigenvalue weighted by molar-refractivity contribution is 9.10. The summed E-state index contributed by atoms with van der Waals surface area (Å²) >= 11 is 3.38. The van der Waals surface area contributed by atoms with Crippen molar-refractivity contribution in [2.24, 2.45) is 5.16 Å². The first-order valence-corrected chi connectivity index (χ1v) is 5.44. The summed E-state index contributed by atoms with van der Waals surface area (Å²) in [5.41, 5.74) is 1.97. The third-order valence-corrected chi connectivity index (χ3v) is 2.76. The molecule has 0 fully saturated rings. The van der Waals surface area contributed by atoms with Gasteiger partial charge >= 0.3 is 0 Å². The van der Waals surface area contributed by atoms with Crippen molar-refractivity contribution in [3.63, 3.8) is 0 Å². The fraction of sp³-hybridized carbons (Fsp3) is 0.273. The number of rotatable bonds is 2. The van der Waals surface area contributed by atoms with E-state index in [-0.39, 0.29) is 6.10 Å². The van der Waals surface area contributed by atoms with Gasteiger partial charge in [0.05, 0.1) is 18.2 Å². The average Bonchev–Trinajstić information content (AvgIpc) is 2.68. The zero-order chi connectivity index (χ0) is 10.7. The Hall–Kier alpha value is -1.34. The molecule has 0 saturated heterocycles. The van der Waals surface area contributed by atoms with Crippen LogP contribution in [0.5, 0.6) is 0 Å². The van der Waals surface area contributed by atoms with E-state index in [2.05, 4.69) is 27.2 Å². The summed E-state index contributed by atoms with van der Waals surface area (Å²) in [7, 11) is 0. The molecule has 15 heavy (non-hydrogen) atoms. The van der Waals surface area contributed by atoms with Gasteiger partial charge < -0.3 is 4.84 Å². The predicted molar refractivity (Wildman–Crippen MR) is 60.4 cm³/mol. The minimum atomic E-state index is -0.0753. The second-order valence-electron chi connectivity index (χ2n) is 3.34. The van der Waals surface area contributed by atoms with E-state index in [1.807, 2.05) is 24.3 Å². The molecule has 1 heterocycles. The Balaban J connectivity index is 2.08. The van der Waals surface area contributed by atoms with Gasteiger partial charge in [0.15, 0.2) is 0 Å². The number of hydrogen-bond donors (Lipinski definition) is 0. The summed E-state index contributed by atoms with van der Waals surface area (Å²) < 4.78 is 1.04. The lowest BCUT2D eigenvalue weighted by molar-refractivity contribution is 0.0891. The molecule has 0 aromatic heterocycles. The number of nitrogens with zero attached hydrogens (tertiary/aromatic N) is 2. The highest BCUT2D eigenvalue weighted by Crippen LogP contribution is 2.20. The molecule has 1 atom stereocenters. The minimum Gasteiger partial charge on any atom is -0.391 e. The summed E-state index contributed by atoms with van der Waals surface area (Å²) in [4.78, 5) is 5.14. The average molecular weight is 265 g/mol. The lowest BCUT2D eigenvalue weighted by Gasteiger charge is -2.00. The first kappa shape index (κ1) is 10.2. The normalized spacial score (nSPS) is 19.2. The molecule has 2 rings (SSSR count). The van der Waals surface area contributed by atoms with E-state index in [9.17, 15) is 0 Å². The summed E-state index contributed by atoms with van der Waals surface area (Å²) in [5.74, 6) is 0. The highest BCUT2D eigenvalue weighted by Gasteiger charge is 2.21. The lowest BCUT2D eigenvalue weighted by Crippen LogP contribution is -2.07. The van der Waals surface area contributed by atoms with Gasteiger partial charge in [-0.05, 0) is 17.7 Å². The van der Waals surface area contributed by atoms with Crippen LogP contribution >= 0.6 is 15.9 Å². The second-order valence-corrected chi connectivity index (χ2v) is 4.25.